The average molecular weight is 282 g/mol. The van der Waals surface area contributed by atoms with Gasteiger partial charge in [0.1, 0.15) is 0 Å². The van der Waals surface area contributed by atoms with E-state index in [4.69, 9.17) is 16.7 Å². The monoisotopic (exact) mass is 281 g/mol. The maximum atomic E-state index is 10.7. The van der Waals surface area contributed by atoms with Crippen LogP contribution in [0.3, 0.4) is 0 Å². The number of rotatable bonds is 7. The number of aliphatic carboxylic acids is 1. The molecule has 2 rings (SSSR count). The van der Waals surface area contributed by atoms with Crippen LogP contribution in [0.2, 0.25) is 5.02 Å². The summed E-state index contributed by atoms with van der Waals surface area (Å²) < 4.78 is 0. The van der Waals surface area contributed by atoms with E-state index in [1.807, 2.05) is 24.3 Å². The Hall–Kier alpha value is -1.06. The molecule has 1 aliphatic carbocycles. The van der Waals surface area contributed by atoms with Gasteiger partial charge in [0.2, 0.25) is 0 Å². The lowest BCUT2D eigenvalue weighted by Crippen LogP contribution is -2.38. The van der Waals surface area contributed by atoms with Crippen molar-refractivity contribution >= 4 is 17.6 Å². The predicted molar refractivity (Wildman–Crippen MR) is 76.6 cm³/mol. The Labute approximate surface area is 119 Å². The van der Waals surface area contributed by atoms with Gasteiger partial charge < -0.3 is 5.11 Å². The van der Waals surface area contributed by atoms with Gasteiger partial charge in [0.15, 0.2) is 0 Å². The van der Waals surface area contributed by atoms with Crippen molar-refractivity contribution in [2.24, 2.45) is 0 Å². The molecule has 0 saturated heterocycles. The van der Waals surface area contributed by atoms with Crippen molar-refractivity contribution in [2.45, 2.75) is 44.7 Å². The normalized spacial score (nSPS) is 16.6. The molecule has 1 aliphatic rings. The van der Waals surface area contributed by atoms with Crippen molar-refractivity contribution in [3.63, 3.8) is 0 Å². The molecular weight excluding hydrogens is 262 g/mol. The van der Waals surface area contributed by atoms with Crippen LogP contribution in [-0.4, -0.2) is 34.6 Å². The van der Waals surface area contributed by atoms with E-state index < -0.39 is 5.97 Å². The van der Waals surface area contributed by atoms with Crippen LogP contribution in [0.5, 0.6) is 0 Å². The Kier molecular flexibility index (Phi) is 4.83. The third-order valence-corrected chi connectivity index (χ3v) is 3.86. The molecule has 1 unspecified atom stereocenters. The zero-order valence-electron chi connectivity index (χ0n) is 11.2. The van der Waals surface area contributed by atoms with E-state index in [1.165, 1.54) is 18.4 Å². The second kappa shape index (κ2) is 6.40. The number of carboxylic acid groups (broad SMARTS) is 1. The Morgan fingerprint density at radius 1 is 1.42 bits per heavy atom. The summed E-state index contributed by atoms with van der Waals surface area (Å²) in [6.07, 6.45) is 3.56. The zero-order valence-corrected chi connectivity index (χ0v) is 11.9. The van der Waals surface area contributed by atoms with Gasteiger partial charge >= 0.3 is 5.97 Å². The van der Waals surface area contributed by atoms with E-state index in [-0.39, 0.29) is 6.42 Å². The minimum absolute atomic E-state index is 0.224. The third kappa shape index (κ3) is 4.51. The fourth-order valence-corrected chi connectivity index (χ4v) is 2.60. The quantitative estimate of drug-likeness (QED) is 0.834. The van der Waals surface area contributed by atoms with E-state index in [1.54, 1.807) is 0 Å². The molecule has 0 heterocycles. The Morgan fingerprint density at radius 2 is 2.05 bits per heavy atom. The zero-order chi connectivity index (χ0) is 13.8. The lowest BCUT2D eigenvalue weighted by atomic mass is 10.1. The second-order valence-corrected chi connectivity index (χ2v) is 5.73. The Balaban J connectivity index is 1.93. The maximum Gasteiger partial charge on any atom is 0.304 e. The fourth-order valence-electron chi connectivity index (χ4n) is 2.47. The van der Waals surface area contributed by atoms with Crippen LogP contribution in [0.25, 0.3) is 0 Å². The highest BCUT2D eigenvalue weighted by Gasteiger charge is 2.32. The highest BCUT2D eigenvalue weighted by molar-refractivity contribution is 6.30. The number of benzene rings is 1. The highest BCUT2D eigenvalue weighted by Crippen LogP contribution is 2.29. The van der Waals surface area contributed by atoms with Gasteiger partial charge in [-0.3, -0.25) is 9.69 Å². The molecule has 0 aromatic heterocycles. The van der Waals surface area contributed by atoms with Crippen LogP contribution in [0.1, 0.15) is 31.7 Å². The fraction of sp³-hybridized carbons (Fsp3) is 0.533. The Bertz CT molecular complexity index is 428. The molecule has 0 spiro atoms. The summed E-state index contributed by atoms with van der Waals surface area (Å²) in [6, 6.07) is 8.85. The molecule has 1 N–H and O–H groups in total. The largest absolute Gasteiger partial charge is 0.481 e. The first-order valence-electron chi connectivity index (χ1n) is 6.78. The van der Waals surface area contributed by atoms with Gasteiger partial charge in [0.25, 0.3) is 0 Å². The first-order valence-corrected chi connectivity index (χ1v) is 7.16. The van der Waals surface area contributed by atoms with Crippen LogP contribution >= 0.6 is 11.6 Å². The number of hydrogen-bond donors (Lipinski definition) is 1. The van der Waals surface area contributed by atoms with Crippen molar-refractivity contribution in [2.75, 3.05) is 6.54 Å². The summed E-state index contributed by atoms with van der Waals surface area (Å²) in [4.78, 5) is 13.1. The van der Waals surface area contributed by atoms with Gasteiger partial charge in [-0.05, 0) is 43.9 Å². The molecule has 1 aromatic rings. The van der Waals surface area contributed by atoms with Crippen molar-refractivity contribution < 1.29 is 9.90 Å². The van der Waals surface area contributed by atoms with Crippen molar-refractivity contribution in [3.05, 3.63) is 34.9 Å². The topological polar surface area (TPSA) is 40.5 Å². The lowest BCUT2D eigenvalue weighted by Gasteiger charge is -2.28. The summed E-state index contributed by atoms with van der Waals surface area (Å²) in [6.45, 7) is 2.82. The number of carbonyl (C=O) groups is 1. The van der Waals surface area contributed by atoms with E-state index in [0.29, 0.717) is 18.6 Å². The number of nitrogens with zero attached hydrogens (tertiary/aromatic N) is 1. The van der Waals surface area contributed by atoms with Crippen molar-refractivity contribution in [1.29, 1.82) is 0 Å². The van der Waals surface area contributed by atoms with E-state index in [0.717, 1.165) is 11.4 Å². The summed E-state index contributed by atoms with van der Waals surface area (Å²) in [7, 11) is 0. The Morgan fingerprint density at radius 3 is 2.58 bits per heavy atom. The molecule has 1 aromatic carbocycles. The molecule has 104 valence electrons. The van der Waals surface area contributed by atoms with Crippen molar-refractivity contribution in [1.82, 2.24) is 4.90 Å². The first kappa shape index (κ1) is 14.4. The van der Waals surface area contributed by atoms with Gasteiger partial charge in [-0.1, -0.05) is 23.7 Å². The number of hydrogen-bond acceptors (Lipinski definition) is 2. The molecule has 4 heteroatoms. The van der Waals surface area contributed by atoms with Gasteiger partial charge in [-0.2, -0.15) is 0 Å². The number of halogens is 1. The maximum absolute atomic E-state index is 10.7. The predicted octanol–water partition coefficient (Wildman–Crippen LogP) is 3.21. The summed E-state index contributed by atoms with van der Waals surface area (Å²) in [5.74, 6) is -0.718. The SMILES string of the molecule is CC(Cc1ccc(Cl)cc1)N(CCC(=O)O)C1CC1. The summed E-state index contributed by atoms with van der Waals surface area (Å²) in [5, 5.41) is 9.58. The smallest absolute Gasteiger partial charge is 0.304 e. The van der Waals surface area contributed by atoms with Gasteiger partial charge in [0.05, 0.1) is 6.42 Å². The molecular formula is C15H20ClNO2. The molecule has 0 bridgehead atoms. The molecule has 19 heavy (non-hydrogen) atoms. The number of carboxylic acids is 1. The first-order chi connectivity index (χ1) is 9.06. The highest BCUT2D eigenvalue weighted by atomic mass is 35.5. The minimum Gasteiger partial charge on any atom is -0.481 e. The molecule has 3 nitrogen and oxygen atoms in total. The molecule has 1 saturated carbocycles. The average Bonchev–Trinajstić information content (AvgIpc) is 3.16. The lowest BCUT2D eigenvalue weighted by molar-refractivity contribution is -0.137. The molecule has 1 atom stereocenters. The van der Waals surface area contributed by atoms with Gasteiger partial charge in [0, 0.05) is 23.7 Å². The molecule has 0 amide bonds. The van der Waals surface area contributed by atoms with Crippen LogP contribution < -0.4 is 0 Å². The van der Waals surface area contributed by atoms with Crippen LogP contribution in [0, 0.1) is 0 Å². The molecule has 0 radical (unpaired) electrons. The van der Waals surface area contributed by atoms with Crippen LogP contribution in [0.4, 0.5) is 0 Å². The van der Waals surface area contributed by atoms with Gasteiger partial charge in [-0.15, -0.1) is 0 Å². The van der Waals surface area contributed by atoms with Crippen LogP contribution in [-0.2, 0) is 11.2 Å². The van der Waals surface area contributed by atoms with Crippen molar-refractivity contribution in [3.8, 4) is 0 Å². The van der Waals surface area contributed by atoms with E-state index in [9.17, 15) is 4.79 Å². The molecule has 0 aliphatic heterocycles. The van der Waals surface area contributed by atoms with E-state index >= 15 is 0 Å². The summed E-state index contributed by atoms with van der Waals surface area (Å²) >= 11 is 5.88. The summed E-state index contributed by atoms with van der Waals surface area (Å²) in [5.41, 5.74) is 1.25. The van der Waals surface area contributed by atoms with Crippen LogP contribution in [0.15, 0.2) is 24.3 Å². The second-order valence-electron chi connectivity index (χ2n) is 5.29. The standard InChI is InChI=1S/C15H20ClNO2/c1-11(10-12-2-4-13(16)5-3-12)17(14-6-7-14)9-8-15(18)19/h2-5,11,14H,6-10H2,1H3,(H,18,19). The van der Waals surface area contributed by atoms with Gasteiger partial charge in [-0.25, -0.2) is 0 Å². The molecule has 1 fully saturated rings. The third-order valence-electron chi connectivity index (χ3n) is 3.61. The minimum atomic E-state index is -0.718. The van der Waals surface area contributed by atoms with E-state index in [2.05, 4.69) is 11.8 Å².